The van der Waals surface area contributed by atoms with Crippen LogP contribution in [-0.2, 0) is 12.6 Å². The third-order valence-corrected chi connectivity index (χ3v) is 6.82. The number of rotatable bonds is 6. The molecule has 0 atom stereocenters. The van der Waals surface area contributed by atoms with Gasteiger partial charge in [0.05, 0.1) is 11.7 Å². The number of benzene rings is 2. The molecular weight excluding hydrogens is 459 g/mol. The molecule has 1 fully saturated rings. The zero-order chi connectivity index (χ0) is 26.2. The maximum Gasteiger partial charge on any atom is 0.254 e. The molecule has 0 bridgehead atoms. The van der Waals surface area contributed by atoms with Gasteiger partial charge in [0, 0.05) is 36.5 Å². The Labute approximate surface area is 211 Å². The first-order valence-corrected chi connectivity index (χ1v) is 12.4. The zero-order valence-corrected chi connectivity index (χ0v) is 21.6. The van der Waals surface area contributed by atoms with Crippen LogP contribution in [0, 0.1) is 19.7 Å². The summed E-state index contributed by atoms with van der Waals surface area (Å²) in [7, 11) is 1.68. The highest BCUT2D eigenvalue weighted by Crippen LogP contribution is 2.42. The van der Waals surface area contributed by atoms with E-state index in [0.29, 0.717) is 45.1 Å². The number of nitrogens with zero attached hydrogens (tertiary/aromatic N) is 1. The molecule has 6 nitrogen and oxygen atoms in total. The molecule has 36 heavy (non-hydrogen) atoms. The van der Waals surface area contributed by atoms with Crippen molar-refractivity contribution >= 4 is 0 Å². The van der Waals surface area contributed by atoms with Gasteiger partial charge < -0.3 is 24.9 Å². The first-order chi connectivity index (χ1) is 16.9. The van der Waals surface area contributed by atoms with E-state index in [1.807, 2.05) is 6.07 Å². The predicted molar refractivity (Wildman–Crippen MR) is 139 cm³/mol. The Hall–Kier alpha value is -3.16. The summed E-state index contributed by atoms with van der Waals surface area (Å²) in [5.41, 5.74) is 8.13. The number of aromatic nitrogens is 1. The Kier molecular flexibility index (Phi) is 7.25. The van der Waals surface area contributed by atoms with Gasteiger partial charge in [-0.2, -0.15) is 0 Å². The van der Waals surface area contributed by atoms with Crippen LogP contribution in [0.4, 0.5) is 4.39 Å². The van der Waals surface area contributed by atoms with Crippen LogP contribution in [0.25, 0.3) is 11.1 Å². The van der Waals surface area contributed by atoms with E-state index in [9.17, 15) is 14.3 Å². The van der Waals surface area contributed by atoms with Crippen LogP contribution in [0.3, 0.4) is 0 Å². The fourth-order valence-corrected chi connectivity index (χ4v) is 4.68. The highest BCUT2D eigenvalue weighted by atomic mass is 19.1. The Bertz CT molecular complexity index is 1290. The molecule has 0 amide bonds. The summed E-state index contributed by atoms with van der Waals surface area (Å²) >= 11 is 0. The second kappa shape index (κ2) is 10.1. The van der Waals surface area contributed by atoms with Crippen molar-refractivity contribution in [1.82, 2.24) is 4.57 Å². The fourth-order valence-electron chi connectivity index (χ4n) is 4.68. The van der Waals surface area contributed by atoms with Crippen molar-refractivity contribution in [3.05, 3.63) is 75.5 Å². The quantitative estimate of drug-likeness (QED) is 0.474. The van der Waals surface area contributed by atoms with Gasteiger partial charge in [0.25, 0.3) is 5.56 Å². The molecule has 2 aromatic carbocycles. The first kappa shape index (κ1) is 25.9. The standard InChI is InChI=1S/C29H35FN2O4/c1-17-12-20(30)13-18(2)28(17)36-25-11-6-19(29(3,4)34)14-23(25)24-16-32(5)27(33)15-26(24)35-22-9-7-21(31)8-10-22/h6,11-16,21-22,34H,7-10,31H2,1-5H3/t21-,22-. The van der Waals surface area contributed by atoms with Gasteiger partial charge in [0.2, 0.25) is 0 Å². The minimum Gasteiger partial charge on any atom is -0.490 e. The number of hydrogen-bond donors (Lipinski definition) is 2. The van der Waals surface area contributed by atoms with E-state index >= 15 is 0 Å². The average Bonchev–Trinajstić information content (AvgIpc) is 2.79. The molecule has 1 heterocycles. The number of pyridine rings is 1. The minimum atomic E-state index is -1.10. The van der Waals surface area contributed by atoms with Gasteiger partial charge in [-0.3, -0.25) is 4.79 Å². The summed E-state index contributed by atoms with van der Waals surface area (Å²) in [6.07, 6.45) is 5.06. The van der Waals surface area contributed by atoms with Crippen molar-refractivity contribution in [2.24, 2.45) is 12.8 Å². The maximum absolute atomic E-state index is 13.9. The fraction of sp³-hybridized carbons (Fsp3) is 0.414. The van der Waals surface area contributed by atoms with Crippen molar-refractivity contribution < 1.29 is 19.0 Å². The summed E-state index contributed by atoms with van der Waals surface area (Å²) < 4.78 is 28.2. The highest BCUT2D eigenvalue weighted by Gasteiger charge is 2.25. The second-order valence-electron chi connectivity index (χ2n) is 10.4. The van der Waals surface area contributed by atoms with Crippen molar-refractivity contribution in [3.8, 4) is 28.4 Å². The third-order valence-electron chi connectivity index (χ3n) is 6.82. The van der Waals surface area contributed by atoms with E-state index in [2.05, 4.69) is 0 Å². The van der Waals surface area contributed by atoms with Gasteiger partial charge in [-0.15, -0.1) is 0 Å². The molecule has 1 aliphatic rings. The number of ether oxygens (including phenoxy) is 2. The number of nitrogens with two attached hydrogens (primary N) is 1. The molecule has 3 aromatic rings. The molecule has 3 N–H and O–H groups in total. The molecule has 7 heteroatoms. The van der Waals surface area contributed by atoms with Crippen molar-refractivity contribution in [3.63, 3.8) is 0 Å². The Morgan fingerprint density at radius 2 is 1.64 bits per heavy atom. The smallest absolute Gasteiger partial charge is 0.254 e. The first-order valence-electron chi connectivity index (χ1n) is 12.4. The number of halogens is 1. The average molecular weight is 495 g/mol. The monoisotopic (exact) mass is 494 g/mol. The molecule has 192 valence electrons. The highest BCUT2D eigenvalue weighted by molar-refractivity contribution is 5.76. The Morgan fingerprint density at radius 3 is 2.25 bits per heavy atom. The summed E-state index contributed by atoms with van der Waals surface area (Å²) in [6.45, 7) is 7.02. The van der Waals surface area contributed by atoms with Gasteiger partial charge >= 0.3 is 0 Å². The lowest BCUT2D eigenvalue weighted by molar-refractivity contribution is 0.0786. The van der Waals surface area contributed by atoms with Gasteiger partial charge in [-0.05, 0) is 94.3 Å². The van der Waals surface area contributed by atoms with Crippen LogP contribution >= 0.6 is 0 Å². The van der Waals surface area contributed by atoms with Gasteiger partial charge in [0.15, 0.2) is 0 Å². The van der Waals surface area contributed by atoms with E-state index in [4.69, 9.17) is 15.2 Å². The van der Waals surface area contributed by atoms with Crippen molar-refractivity contribution in [1.29, 1.82) is 0 Å². The molecule has 0 aliphatic heterocycles. The Balaban J connectivity index is 1.86. The van der Waals surface area contributed by atoms with Crippen LogP contribution < -0.4 is 20.8 Å². The number of aliphatic hydroxyl groups is 1. The minimum absolute atomic E-state index is 0.0425. The van der Waals surface area contributed by atoms with Crippen LogP contribution in [0.2, 0.25) is 0 Å². The molecule has 0 saturated heterocycles. The van der Waals surface area contributed by atoms with Crippen LogP contribution in [0.15, 0.2) is 47.4 Å². The van der Waals surface area contributed by atoms with Crippen LogP contribution in [-0.4, -0.2) is 21.8 Å². The van der Waals surface area contributed by atoms with Gasteiger partial charge in [-0.25, -0.2) is 4.39 Å². The van der Waals surface area contributed by atoms with Gasteiger partial charge in [-0.1, -0.05) is 6.07 Å². The summed E-state index contributed by atoms with van der Waals surface area (Å²) in [5.74, 6) is 1.21. The Morgan fingerprint density at radius 1 is 1.00 bits per heavy atom. The van der Waals surface area contributed by atoms with E-state index in [0.717, 1.165) is 25.7 Å². The number of hydrogen-bond acceptors (Lipinski definition) is 5. The van der Waals surface area contributed by atoms with Crippen molar-refractivity contribution in [2.75, 3.05) is 0 Å². The second-order valence-corrected chi connectivity index (χ2v) is 10.4. The van der Waals surface area contributed by atoms with Gasteiger partial charge in [0.1, 0.15) is 23.1 Å². The number of aryl methyl sites for hydroxylation is 3. The van der Waals surface area contributed by atoms with E-state index < -0.39 is 5.60 Å². The van der Waals surface area contributed by atoms with E-state index in [1.165, 1.54) is 22.8 Å². The lowest BCUT2D eigenvalue weighted by atomic mass is 9.92. The van der Waals surface area contributed by atoms with E-state index in [-0.39, 0.29) is 23.5 Å². The van der Waals surface area contributed by atoms with E-state index in [1.54, 1.807) is 53.1 Å². The summed E-state index contributed by atoms with van der Waals surface area (Å²) in [6, 6.07) is 9.99. The molecular formula is C29H35FN2O4. The topological polar surface area (TPSA) is 86.7 Å². The van der Waals surface area contributed by atoms with Crippen molar-refractivity contribution in [2.45, 2.75) is 71.1 Å². The van der Waals surface area contributed by atoms with Crippen LogP contribution in [0.5, 0.6) is 17.2 Å². The molecule has 4 rings (SSSR count). The normalized spacial score (nSPS) is 18.2. The molecule has 0 radical (unpaired) electrons. The molecule has 0 spiro atoms. The molecule has 1 aromatic heterocycles. The lowest BCUT2D eigenvalue weighted by Gasteiger charge is -2.28. The molecule has 1 aliphatic carbocycles. The SMILES string of the molecule is Cc1cc(F)cc(C)c1Oc1ccc(C(C)(C)O)cc1-c1cn(C)c(=O)cc1O[C@H]1CC[C@H](N)CC1. The molecule has 1 saturated carbocycles. The molecule has 0 unspecified atom stereocenters. The third kappa shape index (κ3) is 5.63. The lowest BCUT2D eigenvalue weighted by Crippen LogP contribution is -2.32. The summed E-state index contributed by atoms with van der Waals surface area (Å²) in [5, 5.41) is 10.7. The zero-order valence-electron chi connectivity index (χ0n) is 21.6. The maximum atomic E-state index is 13.9. The van der Waals surface area contributed by atoms with Crippen LogP contribution in [0.1, 0.15) is 56.2 Å². The summed E-state index contributed by atoms with van der Waals surface area (Å²) in [4.78, 5) is 12.6. The predicted octanol–water partition coefficient (Wildman–Crippen LogP) is 5.48. The largest absolute Gasteiger partial charge is 0.490 e.